The lowest BCUT2D eigenvalue weighted by molar-refractivity contribution is 1.25. The van der Waals surface area contributed by atoms with Crippen molar-refractivity contribution in [2.24, 2.45) is 0 Å². The molecule has 6 aliphatic carbocycles. The SMILES string of the molecule is C1=CC2=C(C1)c1cc3cc4c(cc3cc1C2)C1=C(C4)c2cc3cc4c(cc3cc2C1)C1=C(C=CC1)C4. The van der Waals surface area contributed by atoms with E-state index in [-0.39, 0.29) is 0 Å². The molecule has 4 aromatic carbocycles. The molecule has 36 heavy (non-hydrogen) atoms. The van der Waals surface area contributed by atoms with Gasteiger partial charge in [0.05, 0.1) is 0 Å². The lowest BCUT2D eigenvalue weighted by Gasteiger charge is -2.13. The highest BCUT2D eigenvalue weighted by molar-refractivity contribution is 6.07. The molecular weight excluding hydrogens is 432 g/mol. The smallest absolute Gasteiger partial charge is 0.00104 e. The molecule has 0 spiro atoms. The third-order valence-corrected chi connectivity index (χ3v) is 9.79. The van der Waals surface area contributed by atoms with E-state index in [9.17, 15) is 0 Å². The molecule has 4 aromatic rings. The molecule has 0 heteroatoms. The fraction of sp³-hybridized carbons (Fsp3) is 0.167. The predicted molar refractivity (Wildman–Crippen MR) is 151 cm³/mol. The summed E-state index contributed by atoms with van der Waals surface area (Å²) in [4.78, 5) is 0. The number of fused-ring (bicyclic) bond motifs is 10. The molecule has 0 heterocycles. The molecule has 0 bridgehead atoms. The highest BCUT2D eigenvalue weighted by Crippen LogP contribution is 2.50. The van der Waals surface area contributed by atoms with Crippen LogP contribution in [0.4, 0.5) is 0 Å². The average molecular weight is 457 g/mol. The van der Waals surface area contributed by atoms with Crippen LogP contribution in [0.15, 0.2) is 84.0 Å². The third-order valence-electron chi connectivity index (χ3n) is 9.79. The van der Waals surface area contributed by atoms with Gasteiger partial charge in [-0.25, -0.2) is 0 Å². The Balaban J connectivity index is 1.08. The second-order valence-electron chi connectivity index (χ2n) is 11.6. The van der Waals surface area contributed by atoms with Crippen molar-refractivity contribution >= 4 is 43.8 Å². The zero-order valence-corrected chi connectivity index (χ0v) is 20.2. The first kappa shape index (κ1) is 18.4. The van der Waals surface area contributed by atoms with Gasteiger partial charge in [-0.05, 0) is 162 Å². The maximum atomic E-state index is 2.51. The maximum Gasteiger partial charge on any atom is -0.00104 e. The monoisotopic (exact) mass is 456 g/mol. The van der Waals surface area contributed by atoms with Crippen molar-refractivity contribution in [3.63, 3.8) is 0 Å². The molecule has 168 valence electrons. The third kappa shape index (κ3) is 2.18. The minimum Gasteiger partial charge on any atom is -0.0798 e. The van der Waals surface area contributed by atoms with Gasteiger partial charge >= 0.3 is 0 Å². The zero-order valence-electron chi connectivity index (χ0n) is 20.2. The summed E-state index contributed by atoms with van der Waals surface area (Å²) >= 11 is 0. The summed E-state index contributed by atoms with van der Waals surface area (Å²) in [6.07, 6.45) is 15.9. The maximum absolute atomic E-state index is 2.51. The number of rotatable bonds is 0. The minimum absolute atomic E-state index is 1.08. The fourth-order valence-electron chi connectivity index (χ4n) is 8.12. The second kappa shape index (κ2) is 6.08. The lowest BCUT2D eigenvalue weighted by atomic mass is 9.91. The molecule has 0 nitrogen and oxygen atoms in total. The van der Waals surface area contributed by atoms with E-state index in [0.717, 1.165) is 38.5 Å². The van der Waals surface area contributed by atoms with E-state index in [2.05, 4.69) is 72.8 Å². The van der Waals surface area contributed by atoms with Crippen LogP contribution in [0, 0.1) is 0 Å². The molecule has 0 saturated carbocycles. The number of benzene rings is 4. The summed E-state index contributed by atoms with van der Waals surface area (Å²) in [6.45, 7) is 0. The van der Waals surface area contributed by atoms with E-state index in [4.69, 9.17) is 0 Å². The molecule has 10 rings (SSSR count). The molecule has 0 atom stereocenters. The number of hydrogen-bond acceptors (Lipinski definition) is 0. The molecule has 0 unspecified atom stereocenters. The summed E-state index contributed by atoms with van der Waals surface area (Å²) in [5, 5.41) is 5.66. The van der Waals surface area contributed by atoms with Gasteiger partial charge in [0.25, 0.3) is 0 Å². The Hall–Kier alpha value is -3.90. The van der Waals surface area contributed by atoms with Crippen molar-refractivity contribution in [2.45, 2.75) is 38.5 Å². The van der Waals surface area contributed by atoms with E-state index in [1.54, 1.807) is 33.4 Å². The van der Waals surface area contributed by atoms with Crippen LogP contribution >= 0.6 is 0 Å². The van der Waals surface area contributed by atoms with E-state index in [0.29, 0.717) is 0 Å². The molecule has 0 N–H and O–H groups in total. The van der Waals surface area contributed by atoms with Crippen LogP contribution in [0.1, 0.15) is 57.3 Å². The molecule has 0 radical (unpaired) electrons. The van der Waals surface area contributed by atoms with Gasteiger partial charge < -0.3 is 0 Å². The number of hydrogen-bond donors (Lipinski definition) is 0. The normalized spacial score (nSPS) is 19.6. The summed E-state index contributed by atoms with van der Waals surface area (Å²) in [7, 11) is 0. The molecule has 0 aliphatic heterocycles. The van der Waals surface area contributed by atoms with Crippen molar-refractivity contribution in [3.8, 4) is 0 Å². The first-order chi connectivity index (χ1) is 17.8. The summed E-state index contributed by atoms with van der Waals surface area (Å²) in [6, 6.07) is 19.9. The van der Waals surface area contributed by atoms with E-state index < -0.39 is 0 Å². The highest BCUT2D eigenvalue weighted by atomic mass is 14.4. The van der Waals surface area contributed by atoms with Gasteiger partial charge in [0.1, 0.15) is 0 Å². The number of allylic oxidation sites excluding steroid dienone is 10. The summed E-state index contributed by atoms with van der Waals surface area (Å²) < 4.78 is 0. The van der Waals surface area contributed by atoms with Gasteiger partial charge in [0, 0.05) is 0 Å². The van der Waals surface area contributed by atoms with Crippen LogP contribution in [0.3, 0.4) is 0 Å². The Morgan fingerprint density at radius 2 is 0.722 bits per heavy atom. The Bertz CT molecular complexity index is 1820. The first-order valence-corrected chi connectivity index (χ1v) is 13.5. The highest BCUT2D eigenvalue weighted by Gasteiger charge is 2.31. The topological polar surface area (TPSA) is 0 Å². The molecule has 0 saturated heterocycles. The van der Waals surface area contributed by atoms with Gasteiger partial charge in [-0.1, -0.05) is 48.6 Å². The van der Waals surface area contributed by atoms with E-state index in [1.807, 2.05) is 0 Å². The molecule has 0 aromatic heterocycles. The summed E-state index contributed by atoms with van der Waals surface area (Å²) in [5.41, 5.74) is 21.5. The molecular formula is C36H24. The van der Waals surface area contributed by atoms with E-state index >= 15 is 0 Å². The largest absolute Gasteiger partial charge is 0.0798 e. The molecule has 0 fully saturated rings. The lowest BCUT2D eigenvalue weighted by Crippen LogP contribution is -1.95. The van der Waals surface area contributed by atoms with Gasteiger partial charge in [0.15, 0.2) is 0 Å². The second-order valence-corrected chi connectivity index (χ2v) is 11.6. The van der Waals surface area contributed by atoms with Gasteiger partial charge in [-0.15, -0.1) is 0 Å². The quantitative estimate of drug-likeness (QED) is 0.249. The minimum atomic E-state index is 1.08. The Labute approximate surface area is 210 Å². The fourth-order valence-corrected chi connectivity index (χ4v) is 8.12. The Morgan fingerprint density at radius 3 is 1.14 bits per heavy atom. The summed E-state index contributed by atoms with van der Waals surface area (Å²) in [5.74, 6) is 0. The van der Waals surface area contributed by atoms with Gasteiger partial charge in [-0.3, -0.25) is 0 Å². The van der Waals surface area contributed by atoms with Crippen LogP contribution in [-0.4, -0.2) is 0 Å². The van der Waals surface area contributed by atoms with Crippen LogP contribution in [0.2, 0.25) is 0 Å². The van der Waals surface area contributed by atoms with Gasteiger partial charge in [0.2, 0.25) is 0 Å². The van der Waals surface area contributed by atoms with E-state index in [1.165, 1.54) is 66.1 Å². The van der Waals surface area contributed by atoms with Crippen molar-refractivity contribution in [2.75, 3.05) is 0 Å². The van der Waals surface area contributed by atoms with Crippen molar-refractivity contribution in [1.82, 2.24) is 0 Å². The first-order valence-electron chi connectivity index (χ1n) is 13.5. The Morgan fingerprint density at radius 1 is 0.361 bits per heavy atom. The Kier molecular flexibility index (Phi) is 3.10. The van der Waals surface area contributed by atoms with Crippen LogP contribution in [0.5, 0.6) is 0 Å². The van der Waals surface area contributed by atoms with Crippen LogP contribution in [0.25, 0.3) is 43.8 Å². The van der Waals surface area contributed by atoms with Crippen molar-refractivity contribution < 1.29 is 0 Å². The zero-order chi connectivity index (χ0) is 23.1. The van der Waals surface area contributed by atoms with Crippen molar-refractivity contribution in [1.29, 1.82) is 0 Å². The average Bonchev–Trinajstić information content (AvgIpc) is 3.68. The van der Waals surface area contributed by atoms with Gasteiger partial charge in [-0.2, -0.15) is 0 Å². The standard InChI is InChI=1S/C36H24/c1-3-19-7-25-9-21-15-33-27(11-23(21)13-31(25)29(19)5-1)17-35-34-16-22-10-26-8-20-4-2-6-30(20)32(26)14-24(22)12-28(34)18-36(33)35/h1-4,9-16H,5-8,17-18H2. The van der Waals surface area contributed by atoms with Crippen LogP contribution in [-0.2, 0) is 25.7 Å². The molecule has 0 amide bonds. The van der Waals surface area contributed by atoms with Crippen molar-refractivity contribution in [3.05, 3.63) is 128 Å². The van der Waals surface area contributed by atoms with Crippen LogP contribution < -0.4 is 0 Å². The molecule has 6 aliphatic rings. The predicted octanol–water partition coefficient (Wildman–Crippen LogP) is 8.56.